The molecule has 2 aliphatic rings. The molecule has 3 heterocycles. The van der Waals surface area contributed by atoms with Crippen LogP contribution in [0.4, 0.5) is 0 Å². The van der Waals surface area contributed by atoms with Crippen LogP contribution in [0, 0.1) is 6.92 Å². The molecule has 2 fully saturated rings. The lowest BCUT2D eigenvalue weighted by molar-refractivity contribution is -0.121. The molecule has 29 heavy (non-hydrogen) atoms. The van der Waals surface area contributed by atoms with Crippen LogP contribution >= 0.6 is 0 Å². The fraction of sp³-hybridized carbons (Fsp3) is 0.435. The number of fused-ring (bicyclic) bond motifs is 2. The van der Waals surface area contributed by atoms with Crippen LogP contribution in [0.2, 0.25) is 0 Å². The SMILES string of the molecule is Cc1ccn(-c2cccc(C(C)C)c2)c(=O)c1C(=O)N1[C@@H]2CC[C@H]1CNC(=O)C2. The first-order valence-corrected chi connectivity index (χ1v) is 10.3. The van der Waals surface area contributed by atoms with Crippen LogP contribution in [-0.4, -0.2) is 39.9 Å². The fourth-order valence-corrected chi connectivity index (χ4v) is 4.46. The molecule has 1 aromatic heterocycles. The Morgan fingerprint density at radius 1 is 1.14 bits per heavy atom. The van der Waals surface area contributed by atoms with Crippen LogP contribution in [0.15, 0.2) is 41.3 Å². The van der Waals surface area contributed by atoms with Gasteiger partial charge < -0.3 is 10.2 Å². The Labute approximate surface area is 170 Å². The monoisotopic (exact) mass is 393 g/mol. The minimum atomic E-state index is -0.307. The third-order valence-electron chi connectivity index (χ3n) is 6.14. The second-order valence-corrected chi connectivity index (χ2v) is 8.40. The van der Waals surface area contributed by atoms with E-state index in [1.54, 1.807) is 22.6 Å². The van der Waals surface area contributed by atoms with E-state index >= 15 is 0 Å². The van der Waals surface area contributed by atoms with Gasteiger partial charge in [0.1, 0.15) is 5.56 Å². The van der Waals surface area contributed by atoms with E-state index in [2.05, 4.69) is 19.2 Å². The largest absolute Gasteiger partial charge is 0.354 e. The lowest BCUT2D eigenvalue weighted by Crippen LogP contribution is -2.45. The number of carbonyl (C=O) groups is 2. The van der Waals surface area contributed by atoms with Crippen LogP contribution in [0.5, 0.6) is 0 Å². The highest BCUT2D eigenvalue weighted by Crippen LogP contribution is 2.30. The minimum Gasteiger partial charge on any atom is -0.354 e. The van der Waals surface area contributed by atoms with Crippen molar-refractivity contribution in [2.45, 2.75) is 58.0 Å². The number of hydrogen-bond acceptors (Lipinski definition) is 3. The van der Waals surface area contributed by atoms with Crippen LogP contribution < -0.4 is 10.9 Å². The first kappa shape index (κ1) is 19.4. The Morgan fingerprint density at radius 3 is 2.66 bits per heavy atom. The van der Waals surface area contributed by atoms with E-state index in [0.717, 1.165) is 24.1 Å². The number of amides is 2. The van der Waals surface area contributed by atoms with Gasteiger partial charge in [-0.15, -0.1) is 0 Å². The average Bonchev–Trinajstić information content (AvgIpc) is 3.00. The molecule has 0 saturated carbocycles. The summed E-state index contributed by atoms with van der Waals surface area (Å²) in [6.45, 7) is 6.47. The topological polar surface area (TPSA) is 71.4 Å². The van der Waals surface area contributed by atoms with Crippen molar-refractivity contribution in [1.29, 1.82) is 0 Å². The highest BCUT2D eigenvalue weighted by Gasteiger charge is 2.41. The molecule has 1 aromatic carbocycles. The van der Waals surface area contributed by atoms with Gasteiger partial charge in [-0.1, -0.05) is 26.0 Å². The second kappa shape index (κ2) is 7.50. The number of carbonyl (C=O) groups excluding carboxylic acids is 2. The number of nitrogens with zero attached hydrogens (tertiary/aromatic N) is 2. The van der Waals surface area contributed by atoms with E-state index in [-0.39, 0.29) is 35.0 Å². The number of nitrogens with one attached hydrogen (secondary N) is 1. The zero-order chi connectivity index (χ0) is 20.7. The van der Waals surface area contributed by atoms with Crippen molar-refractivity contribution in [3.05, 3.63) is 63.6 Å². The standard InChI is InChI=1S/C23H27N3O3/c1-14(2)16-5-4-6-17(11-16)25-10-9-15(3)21(22(25)28)23(29)26-18-7-8-19(26)13-24-20(27)12-18/h4-6,9-11,14,18-19H,7-8,12-13H2,1-3H3,(H,24,27)/t18-,19+/m1/s1. The summed E-state index contributed by atoms with van der Waals surface area (Å²) in [4.78, 5) is 40.6. The summed E-state index contributed by atoms with van der Waals surface area (Å²) in [7, 11) is 0. The van der Waals surface area contributed by atoms with Gasteiger partial charge in [-0.2, -0.15) is 0 Å². The summed E-state index contributed by atoms with van der Waals surface area (Å²) in [6, 6.07) is 9.49. The van der Waals surface area contributed by atoms with E-state index in [0.29, 0.717) is 24.4 Å². The van der Waals surface area contributed by atoms with Crippen molar-refractivity contribution in [2.75, 3.05) is 6.54 Å². The molecule has 0 unspecified atom stereocenters. The second-order valence-electron chi connectivity index (χ2n) is 8.40. The molecule has 0 aliphatic carbocycles. The minimum absolute atomic E-state index is 0.0253. The maximum absolute atomic E-state index is 13.5. The van der Waals surface area contributed by atoms with Crippen LogP contribution in [-0.2, 0) is 4.79 Å². The van der Waals surface area contributed by atoms with E-state index in [1.165, 1.54) is 0 Å². The van der Waals surface area contributed by atoms with Crippen molar-refractivity contribution in [3.63, 3.8) is 0 Å². The van der Waals surface area contributed by atoms with E-state index in [1.807, 2.05) is 30.3 Å². The Morgan fingerprint density at radius 2 is 1.90 bits per heavy atom. The Bertz CT molecular complexity index is 1020. The Hall–Kier alpha value is -2.89. The predicted octanol–water partition coefficient (Wildman–Crippen LogP) is 2.76. The number of hydrogen-bond donors (Lipinski definition) is 1. The van der Waals surface area contributed by atoms with Gasteiger partial charge in [-0.25, -0.2) is 0 Å². The zero-order valence-electron chi connectivity index (χ0n) is 17.1. The Balaban J connectivity index is 1.76. The Kier molecular flexibility index (Phi) is 5.03. The molecule has 2 atom stereocenters. The molecule has 2 aromatic rings. The average molecular weight is 393 g/mol. The summed E-state index contributed by atoms with van der Waals surface area (Å²) in [5, 5.41) is 2.88. The molecule has 152 valence electrons. The van der Waals surface area contributed by atoms with Gasteiger partial charge in [-0.05, 0) is 55.0 Å². The van der Waals surface area contributed by atoms with Gasteiger partial charge in [0.2, 0.25) is 5.91 Å². The third kappa shape index (κ3) is 3.48. The van der Waals surface area contributed by atoms with E-state index < -0.39 is 0 Å². The van der Waals surface area contributed by atoms with Gasteiger partial charge in [0.25, 0.3) is 11.5 Å². The van der Waals surface area contributed by atoms with E-state index in [4.69, 9.17) is 0 Å². The summed E-state index contributed by atoms with van der Waals surface area (Å²) in [5.41, 5.74) is 2.45. The fourth-order valence-electron chi connectivity index (χ4n) is 4.46. The lowest BCUT2D eigenvalue weighted by Gasteiger charge is -2.28. The highest BCUT2D eigenvalue weighted by atomic mass is 16.2. The first-order valence-electron chi connectivity index (χ1n) is 10.3. The van der Waals surface area contributed by atoms with Crippen LogP contribution in [0.1, 0.15) is 60.5 Å². The molecule has 2 bridgehead atoms. The molecule has 6 heteroatoms. The smallest absolute Gasteiger partial charge is 0.268 e. The van der Waals surface area contributed by atoms with Crippen LogP contribution in [0.25, 0.3) is 5.69 Å². The molecule has 1 N–H and O–H groups in total. The van der Waals surface area contributed by atoms with Crippen molar-refractivity contribution >= 4 is 11.8 Å². The number of pyridine rings is 1. The van der Waals surface area contributed by atoms with Crippen molar-refractivity contribution in [3.8, 4) is 5.69 Å². The molecule has 2 aliphatic heterocycles. The van der Waals surface area contributed by atoms with Gasteiger partial charge >= 0.3 is 0 Å². The molecule has 0 radical (unpaired) electrons. The molecule has 0 spiro atoms. The molecule has 2 saturated heterocycles. The number of rotatable bonds is 3. The van der Waals surface area contributed by atoms with Gasteiger partial charge in [0, 0.05) is 36.9 Å². The van der Waals surface area contributed by atoms with Gasteiger partial charge in [-0.3, -0.25) is 19.0 Å². The van der Waals surface area contributed by atoms with Crippen molar-refractivity contribution < 1.29 is 9.59 Å². The first-order chi connectivity index (χ1) is 13.9. The summed E-state index contributed by atoms with van der Waals surface area (Å²) in [5.74, 6) is 0.0588. The number of aryl methyl sites for hydroxylation is 1. The van der Waals surface area contributed by atoms with Crippen molar-refractivity contribution in [2.24, 2.45) is 0 Å². The number of benzene rings is 1. The molecule has 2 amide bonds. The number of aromatic nitrogens is 1. The summed E-state index contributed by atoms with van der Waals surface area (Å²) >= 11 is 0. The summed E-state index contributed by atoms with van der Waals surface area (Å²) < 4.78 is 1.55. The third-order valence-corrected chi connectivity index (χ3v) is 6.14. The quantitative estimate of drug-likeness (QED) is 0.872. The summed E-state index contributed by atoms with van der Waals surface area (Å²) in [6.07, 6.45) is 3.70. The lowest BCUT2D eigenvalue weighted by atomic mass is 10.0. The highest BCUT2D eigenvalue weighted by molar-refractivity contribution is 5.96. The van der Waals surface area contributed by atoms with Gasteiger partial charge in [0.15, 0.2) is 0 Å². The van der Waals surface area contributed by atoms with Gasteiger partial charge in [0.05, 0.1) is 0 Å². The molecular formula is C23H27N3O3. The molecule has 6 nitrogen and oxygen atoms in total. The normalized spacial score (nSPS) is 21.2. The van der Waals surface area contributed by atoms with Crippen molar-refractivity contribution in [1.82, 2.24) is 14.8 Å². The maximum atomic E-state index is 13.5. The maximum Gasteiger partial charge on any atom is 0.268 e. The van der Waals surface area contributed by atoms with E-state index in [9.17, 15) is 14.4 Å². The predicted molar refractivity (Wildman–Crippen MR) is 111 cm³/mol. The zero-order valence-corrected chi connectivity index (χ0v) is 17.1. The molecular weight excluding hydrogens is 366 g/mol. The molecule has 4 rings (SSSR count). The van der Waals surface area contributed by atoms with Crippen LogP contribution in [0.3, 0.4) is 0 Å².